The number of carbonyl (C=O) groups excluding carboxylic acids is 2. The molecule has 4 nitrogen and oxygen atoms in total. The Hall–Kier alpha value is -1.33. The quantitative estimate of drug-likeness (QED) is 0.0375. The minimum absolute atomic E-state index is 0.00945. The number of thiocarbonyl (C=S) groups is 1. The maximum atomic E-state index is 13.3. The van der Waals surface area contributed by atoms with E-state index in [0.717, 1.165) is 64.2 Å². The van der Waals surface area contributed by atoms with Gasteiger partial charge in [-0.05, 0) is 82.8 Å². The average molecular weight is 858 g/mol. The summed E-state index contributed by atoms with van der Waals surface area (Å²) in [6.07, 6.45) is 59.7. The molecule has 0 aromatic rings. The first-order chi connectivity index (χ1) is 29.5. The fourth-order valence-corrected chi connectivity index (χ4v) is 8.49. The molecule has 0 aliphatic heterocycles. The summed E-state index contributed by atoms with van der Waals surface area (Å²) in [7, 11) is 0. The molecule has 0 saturated heterocycles. The average Bonchev–Trinajstić information content (AvgIpc) is 3.24. The summed E-state index contributed by atoms with van der Waals surface area (Å²) < 4.78 is 6.22. The number of ether oxygens (including phenoxy) is 1. The molecule has 0 aromatic carbocycles. The van der Waals surface area contributed by atoms with Crippen LogP contribution in [0.3, 0.4) is 0 Å². The summed E-state index contributed by atoms with van der Waals surface area (Å²) >= 11 is 5.68. The molecule has 0 aromatic heterocycles. The Morgan fingerprint density at radius 3 is 1.05 bits per heavy atom. The molecule has 2 N–H and O–H groups in total. The van der Waals surface area contributed by atoms with Crippen molar-refractivity contribution in [3.8, 4) is 0 Å². The van der Waals surface area contributed by atoms with E-state index in [1.807, 2.05) is 0 Å². The molecule has 352 valence electrons. The molecule has 2 atom stereocenters. The fraction of sp³-hybridized carbons (Fsp3) is 0.873. The van der Waals surface area contributed by atoms with Crippen LogP contribution >= 0.6 is 12.2 Å². The van der Waals surface area contributed by atoms with Gasteiger partial charge in [-0.1, -0.05) is 225 Å². The zero-order chi connectivity index (χ0) is 43.8. The summed E-state index contributed by atoms with van der Waals surface area (Å²) in [4.78, 5) is 26.5. The summed E-state index contributed by atoms with van der Waals surface area (Å²) in [6.45, 7) is 6.82. The third kappa shape index (κ3) is 43.3. The van der Waals surface area contributed by atoms with Crippen LogP contribution in [0.1, 0.15) is 297 Å². The Morgan fingerprint density at radius 2 is 0.700 bits per heavy atom. The van der Waals surface area contributed by atoms with Crippen LogP contribution in [0.15, 0.2) is 24.3 Å². The molecule has 0 heterocycles. The molecule has 2 unspecified atom stereocenters. The Morgan fingerprint density at radius 1 is 0.417 bits per heavy atom. The number of Topliss-reactive ketones (excluding diaryl/α,β-unsaturated/α-hetero) is 2. The van der Waals surface area contributed by atoms with Gasteiger partial charge in [0.05, 0.1) is 0 Å². The molecule has 0 rings (SSSR count). The minimum atomic E-state index is -0.801. The first-order valence-corrected chi connectivity index (χ1v) is 27.2. The van der Waals surface area contributed by atoms with Crippen LogP contribution < -0.4 is 5.73 Å². The number of nitrogens with two attached hydrogens (primary N) is 1. The predicted molar refractivity (Wildman–Crippen MR) is 269 cm³/mol. The maximum absolute atomic E-state index is 13.3. The zero-order valence-electron chi connectivity index (χ0n) is 40.6. The molecule has 0 bridgehead atoms. The van der Waals surface area contributed by atoms with Gasteiger partial charge in [0.2, 0.25) is 0 Å². The smallest absolute Gasteiger partial charge is 0.160 e. The van der Waals surface area contributed by atoms with Crippen molar-refractivity contribution < 1.29 is 14.3 Å². The largest absolute Gasteiger partial charge is 0.481 e. The lowest BCUT2D eigenvalue weighted by Crippen LogP contribution is -2.45. The van der Waals surface area contributed by atoms with Gasteiger partial charge in [-0.3, -0.25) is 9.59 Å². The van der Waals surface area contributed by atoms with Crippen molar-refractivity contribution in [3.05, 3.63) is 24.3 Å². The zero-order valence-corrected chi connectivity index (χ0v) is 41.4. The van der Waals surface area contributed by atoms with Gasteiger partial charge in [0.15, 0.2) is 10.8 Å². The predicted octanol–water partition coefficient (Wildman–Crippen LogP) is 18.1. The molecular weight excluding hydrogens is 755 g/mol. The van der Waals surface area contributed by atoms with Gasteiger partial charge in [-0.15, -0.1) is 0 Å². The monoisotopic (exact) mass is 858 g/mol. The van der Waals surface area contributed by atoms with Crippen LogP contribution in [-0.2, 0) is 14.3 Å². The summed E-state index contributed by atoms with van der Waals surface area (Å²) in [5.41, 5.74) is 6.58. The standard InChI is InChI=1S/C55H103NO3S/c1-4-7-10-13-16-19-22-25-27-30-32-35-38-41-44-47-51(57)50-53(59-54(60)49-46-43-40-37-34-29-24-21-18-15-12-9-6-3)55(56)52(58)48-45-42-39-36-33-31-28-26-23-20-17-14-11-8-5-2/h25-28,53,55H,4-24,29-50,56H2,1-3H3. The van der Waals surface area contributed by atoms with E-state index in [2.05, 4.69) is 45.1 Å². The Balaban J connectivity index is 4.52. The first kappa shape index (κ1) is 58.7. The number of carbonyl (C=O) groups is 2. The van der Waals surface area contributed by atoms with Gasteiger partial charge >= 0.3 is 0 Å². The highest BCUT2D eigenvalue weighted by molar-refractivity contribution is 7.80. The van der Waals surface area contributed by atoms with Crippen LogP contribution in [0.2, 0.25) is 0 Å². The van der Waals surface area contributed by atoms with E-state index in [4.69, 9.17) is 22.7 Å². The van der Waals surface area contributed by atoms with E-state index in [-0.39, 0.29) is 18.0 Å². The Labute approximate surface area is 380 Å². The molecule has 5 heteroatoms. The van der Waals surface area contributed by atoms with Crippen LogP contribution in [-0.4, -0.2) is 28.8 Å². The van der Waals surface area contributed by atoms with Crippen LogP contribution in [0, 0.1) is 0 Å². The number of unbranched alkanes of at least 4 members (excludes halogenated alkanes) is 34. The highest BCUT2D eigenvalue weighted by Crippen LogP contribution is 2.18. The normalized spacial score (nSPS) is 12.8. The van der Waals surface area contributed by atoms with E-state index in [1.54, 1.807) is 0 Å². The number of hydrogen-bond acceptors (Lipinski definition) is 5. The molecular formula is C55H103NO3S. The van der Waals surface area contributed by atoms with E-state index in [0.29, 0.717) is 24.3 Å². The van der Waals surface area contributed by atoms with Crippen LogP contribution in [0.4, 0.5) is 0 Å². The lowest BCUT2D eigenvalue weighted by molar-refractivity contribution is -0.125. The molecule has 0 spiro atoms. The minimum Gasteiger partial charge on any atom is -0.481 e. The van der Waals surface area contributed by atoms with E-state index in [1.165, 1.54) is 186 Å². The second-order valence-electron chi connectivity index (χ2n) is 18.4. The summed E-state index contributed by atoms with van der Waals surface area (Å²) in [5, 5.41) is 0.515. The lowest BCUT2D eigenvalue weighted by Gasteiger charge is -2.24. The Kier molecular flexibility index (Phi) is 47.6. The number of hydrogen-bond donors (Lipinski definition) is 1. The number of rotatable bonds is 49. The van der Waals surface area contributed by atoms with Gasteiger partial charge < -0.3 is 10.5 Å². The molecule has 0 fully saturated rings. The fourth-order valence-electron chi connectivity index (χ4n) is 8.22. The Bertz CT molecular complexity index is 992. The van der Waals surface area contributed by atoms with Gasteiger partial charge in [-0.2, -0.15) is 0 Å². The van der Waals surface area contributed by atoms with Gasteiger partial charge in [0.1, 0.15) is 17.9 Å². The second kappa shape index (κ2) is 48.7. The maximum Gasteiger partial charge on any atom is 0.160 e. The SMILES string of the molecule is CCCCCCCCC=CCCCCCCCC(=O)CC(OC(=S)CCCCCCCCCCCCCCC)C(N)C(=O)CCCCCCCC=CCCCCCCCC. The molecule has 0 aliphatic carbocycles. The van der Waals surface area contributed by atoms with Crippen molar-refractivity contribution >= 4 is 28.8 Å². The van der Waals surface area contributed by atoms with Crippen molar-refractivity contribution in [2.75, 3.05) is 0 Å². The first-order valence-electron chi connectivity index (χ1n) is 26.8. The summed E-state index contributed by atoms with van der Waals surface area (Å²) in [6, 6.07) is -0.801. The third-order valence-corrected chi connectivity index (χ3v) is 12.7. The molecule has 0 saturated carbocycles. The van der Waals surface area contributed by atoms with E-state index in [9.17, 15) is 9.59 Å². The highest BCUT2D eigenvalue weighted by atomic mass is 32.1. The van der Waals surface area contributed by atoms with Gasteiger partial charge in [-0.25, -0.2) is 0 Å². The van der Waals surface area contributed by atoms with Crippen molar-refractivity contribution in [1.82, 2.24) is 0 Å². The van der Waals surface area contributed by atoms with Crippen molar-refractivity contribution in [2.45, 2.75) is 309 Å². The lowest BCUT2D eigenvalue weighted by atomic mass is 9.96. The van der Waals surface area contributed by atoms with E-state index >= 15 is 0 Å². The second-order valence-corrected chi connectivity index (χ2v) is 18.9. The van der Waals surface area contributed by atoms with E-state index < -0.39 is 12.1 Å². The van der Waals surface area contributed by atoms with Crippen molar-refractivity contribution in [3.63, 3.8) is 0 Å². The number of ketones is 2. The highest BCUT2D eigenvalue weighted by Gasteiger charge is 2.28. The molecule has 60 heavy (non-hydrogen) atoms. The molecule has 0 aliphatic rings. The number of allylic oxidation sites excluding steroid dienone is 4. The molecule has 0 radical (unpaired) electrons. The van der Waals surface area contributed by atoms with Crippen LogP contribution in [0.25, 0.3) is 0 Å². The van der Waals surface area contributed by atoms with Gasteiger partial charge in [0, 0.05) is 25.7 Å². The molecule has 0 amide bonds. The third-order valence-electron chi connectivity index (χ3n) is 12.4. The van der Waals surface area contributed by atoms with Gasteiger partial charge in [0.25, 0.3) is 0 Å². The van der Waals surface area contributed by atoms with Crippen molar-refractivity contribution in [2.24, 2.45) is 5.73 Å². The van der Waals surface area contributed by atoms with Crippen molar-refractivity contribution in [1.29, 1.82) is 0 Å². The summed E-state index contributed by atoms with van der Waals surface area (Å²) in [5.74, 6) is 0.154. The topological polar surface area (TPSA) is 69.4 Å². The van der Waals surface area contributed by atoms with Crippen LogP contribution in [0.5, 0.6) is 0 Å².